The van der Waals surface area contributed by atoms with Gasteiger partial charge in [-0.05, 0) is 47.9 Å². The molecule has 0 atom stereocenters. The lowest BCUT2D eigenvalue weighted by Gasteiger charge is -2.19. The molecule has 0 saturated carbocycles. The molecule has 0 spiro atoms. The number of nitrogens with zero attached hydrogens (tertiary/aromatic N) is 3. The number of benzene rings is 3. The Kier molecular flexibility index (Phi) is 6.82. The van der Waals surface area contributed by atoms with Gasteiger partial charge in [-0.15, -0.1) is 0 Å². The first-order chi connectivity index (χ1) is 17.2. The predicted octanol–water partition coefficient (Wildman–Crippen LogP) is 6.53. The van der Waals surface area contributed by atoms with E-state index in [9.17, 15) is 4.79 Å². The van der Waals surface area contributed by atoms with Crippen molar-refractivity contribution < 1.29 is 9.53 Å². The van der Waals surface area contributed by atoms with Crippen molar-refractivity contribution in [3.63, 3.8) is 0 Å². The second-order valence-electron chi connectivity index (χ2n) is 8.07. The van der Waals surface area contributed by atoms with Gasteiger partial charge in [-0.1, -0.05) is 78.1 Å². The topological polar surface area (TPSA) is 55.3 Å². The first kappa shape index (κ1) is 22.7. The van der Waals surface area contributed by atoms with Gasteiger partial charge in [0.25, 0.3) is 0 Å². The van der Waals surface area contributed by atoms with Gasteiger partial charge in [0.15, 0.2) is 5.13 Å². The molecule has 0 aliphatic rings. The standard InChI is InChI=1S/C29H25N3O2S/c1-2-34-25-12-8-13-26-28(25)31-29(35-26)32(20-24-11-6-7-18-30-24)27(33)19-21-14-16-23(17-15-21)22-9-4-3-5-10-22/h3-18H,2,19-20H2,1H3. The third-order valence-electron chi connectivity index (χ3n) is 5.67. The molecule has 2 heterocycles. The number of anilines is 1. The van der Waals surface area contributed by atoms with E-state index in [1.807, 2.05) is 73.7 Å². The Morgan fingerprint density at radius 1 is 0.886 bits per heavy atom. The average Bonchev–Trinajstić information content (AvgIpc) is 3.34. The molecule has 35 heavy (non-hydrogen) atoms. The van der Waals surface area contributed by atoms with Crippen molar-refractivity contribution in [2.24, 2.45) is 0 Å². The van der Waals surface area contributed by atoms with Crippen molar-refractivity contribution >= 4 is 32.6 Å². The molecule has 174 valence electrons. The highest BCUT2D eigenvalue weighted by molar-refractivity contribution is 7.22. The molecule has 0 unspecified atom stereocenters. The summed E-state index contributed by atoms with van der Waals surface area (Å²) in [4.78, 5) is 24.6. The highest BCUT2D eigenvalue weighted by Crippen LogP contribution is 2.35. The van der Waals surface area contributed by atoms with Crippen molar-refractivity contribution in [3.8, 4) is 16.9 Å². The van der Waals surface area contributed by atoms with Crippen LogP contribution < -0.4 is 9.64 Å². The smallest absolute Gasteiger partial charge is 0.233 e. The van der Waals surface area contributed by atoms with E-state index in [1.165, 1.54) is 11.3 Å². The number of ether oxygens (including phenoxy) is 1. The number of rotatable bonds is 8. The van der Waals surface area contributed by atoms with Crippen LogP contribution in [0.25, 0.3) is 21.3 Å². The fourth-order valence-corrected chi connectivity index (χ4v) is 4.93. The van der Waals surface area contributed by atoms with E-state index in [-0.39, 0.29) is 12.3 Å². The molecule has 1 amide bonds. The number of thiazole rings is 1. The minimum absolute atomic E-state index is 0.0277. The summed E-state index contributed by atoms with van der Waals surface area (Å²) < 4.78 is 6.75. The molecule has 5 rings (SSSR count). The SMILES string of the molecule is CCOc1cccc2sc(N(Cc3ccccn3)C(=O)Cc3ccc(-c4ccccc4)cc3)nc12. The van der Waals surface area contributed by atoms with Crippen LogP contribution in [0.5, 0.6) is 5.75 Å². The maximum atomic E-state index is 13.6. The molecule has 0 radical (unpaired) electrons. The Morgan fingerprint density at radius 3 is 2.40 bits per heavy atom. The quantitative estimate of drug-likeness (QED) is 0.254. The van der Waals surface area contributed by atoms with Gasteiger partial charge in [0.2, 0.25) is 5.91 Å². The zero-order chi connectivity index (χ0) is 24.0. The molecular weight excluding hydrogens is 454 g/mol. The van der Waals surface area contributed by atoms with E-state index in [1.54, 1.807) is 11.1 Å². The minimum Gasteiger partial charge on any atom is -0.492 e. The van der Waals surface area contributed by atoms with E-state index >= 15 is 0 Å². The third kappa shape index (κ3) is 5.23. The summed E-state index contributed by atoms with van der Waals surface area (Å²) in [5.74, 6) is 0.703. The Hall–Kier alpha value is -4.03. The van der Waals surface area contributed by atoms with E-state index in [2.05, 4.69) is 29.2 Å². The molecule has 0 saturated heterocycles. The number of carbonyl (C=O) groups excluding carboxylic acids is 1. The third-order valence-corrected chi connectivity index (χ3v) is 6.71. The van der Waals surface area contributed by atoms with Crippen LogP contribution >= 0.6 is 11.3 Å². The van der Waals surface area contributed by atoms with Crippen molar-refractivity contribution in [1.82, 2.24) is 9.97 Å². The zero-order valence-electron chi connectivity index (χ0n) is 19.4. The molecule has 2 aromatic heterocycles. The molecule has 0 N–H and O–H groups in total. The van der Waals surface area contributed by atoms with Crippen LogP contribution in [0.1, 0.15) is 18.2 Å². The minimum atomic E-state index is -0.0277. The largest absolute Gasteiger partial charge is 0.492 e. The highest BCUT2D eigenvalue weighted by atomic mass is 32.1. The summed E-state index contributed by atoms with van der Waals surface area (Å²) in [7, 11) is 0. The van der Waals surface area contributed by atoms with Gasteiger partial charge in [-0.3, -0.25) is 14.7 Å². The van der Waals surface area contributed by atoms with Crippen molar-refractivity contribution in [3.05, 3.63) is 108 Å². The number of aromatic nitrogens is 2. The lowest BCUT2D eigenvalue weighted by atomic mass is 10.0. The lowest BCUT2D eigenvalue weighted by molar-refractivity contribution is -0.118. The number of pyridine rings is 1. The zero-order valence-corrected chi connectivity index (χ0v) is 20.2. The number of hydrogen-bond donors (Lipinski definition) is 0. The van der Waals surface area contributed by atoms with E-state index in [4.69, 9.17) is 9.72 Å². The van der Waals surface area contributed by atoms with Crippen molar-refractivity contribution in [1.29, 1.82) is 0 Å². The van der Waals surface area contributed by atoms with Gasteiger partial charge in [-0.25, -0.2) is 4.98 Å². The number of hydrogen-bond acceptors (Lipinski definition) is 5. The van der Waals surface area contributed by atoms with E-state index < -0.39 is 0 Å². The molecule has 0 bridgehead atoms. The second-order valence-corrected chi connectivity index (χ2v) is 9.08. The molecule has 0 aliphatic heterocycles. The van der Waals surface area contributed by atoms with Gasteiger partial charge in [0.05, 0.1) is 30.0 Å². The lowest BCUT2D eigenvalue weighted by Crippen LogP contribution is -2.32. The van der Waals surface area contributed by atoms with Crippen LogP contribution in [0.2, 0.25) is 0 Å². The second kappa shape index (κ2) is 10.5. The normalized spacial score (nSPS) is 10.9. The van der Waals surface area contributed by atoms with Crippen LogP contribution in [-0.4, -0.2) is 22.5 Å². The van der Waals surface area contributed by atoms with E-state index in [0.29, 0.717) is 18.3 Å². The average molecular weight is 480 g/mol. The van der Waals surface area contributed by atoms with Crippen LogP contribution in [-0.2, 0) is 17.8 Å². The predicted molar refractivity (Wildman–Crippen MR) is 142 cm³/mol. The summed E-state index contributed by atoms with van der Waals surface area (Å²) in [6.07, 6.45) is 2.02. The Morgan fingerprint density at radius 2 is 1.66 bits per heavy atom. The molecular formula is C29H25N3O2S. The maximum Gasteiger partial charge on any atom is 0.233 e. The van der Waals surface area contributed by atoms with Gasteiger partial charge in [-0.2, -0.15) is 0 Å². The molecule has 3 aromatic carbocycles. The van der Waals surface area contributed by atoms with E-state index in [0.717, 1.165) is 38.4 Å². The number of carbonyl (C=O) groups is 1. The number of fused-ring (bicyclic) bond motifs is 1. The summed E-state index contributed by atoms with van der Waals surface area (Å²) in [5.41, 5.74) is 4.82. The van der Waals surface area contributed by atoms with Gasteiger partial charge < -0.3 is 4.74 Å². The Labute approximate surface area is 208 Å². The summed E-state index contributed by atoms with van der Waals surface area (Å²) in [5, 5.41) is 0.642. The highest BCUT2D eigenvalue weighted by Gasteiger charge is 2.22. The molecule has 0 aliphatic carbocycles. The van der Waals surface area contributed by atoms with Crippen molar-refractivity contribution in [2.45, 2.75) is 19.9 Å². The summed E-state index contributed by atoms with van der Waals surface area (Å²) >= 11 is 1.49. The van der Waals surface area contributed by atoms with Crippen LogP contribution in [0.3, 0.4) is 0 Å². The Bertz CT molecular complexity index is 1420. The maximum absolute atomic E-state index is 13.6. The summed E-state index contributed by atoms with van der Waals surface area (Å²) in [6, 6.07) is 30.0. The van der Waals surface area contributed by atoms with Crippen LogP contribution in [0, 0.1) is 0 Å². The first-order valence-corrected chi connectivity index (χ1v) is 12.4. The monoisotopic (exact) mass is 479 g/mol. The van der Waals surface area contributed by atoms with Gasteiger partial charge >= 0.3 is 0 Å². The molecule has 5 nitrogen and oxygen atoms in total. The molecule has 5 aromatic rings. The molecule has 0 fully saturated rings. The van der Waals surface area contributed by atoms with Gasteiger partial charge in [0, 0.05) is 6.20 Å². The van der Waals surface area contributed by atoms with Gasteiger partial charge in [0.1, 0.15) is 11.3 Å². The fraction of sp³-hybridized carbons (Fsp3) is 0.138. The van der Waals surface area contributed by atoms with Crippen LogP contribution in [0.15, 0.2) is 97.2 Å². The molecule has 6 heteroatoms. The number of amides is 1. The fourth-order valence-electron chi connectivity index (χ4n) is 3.93. The van der Waals surface area contributed by atoms with Crippen LogP contribution in [0.4, 0.5) is 5.13 Å². The number of para-hydroxylation sites is 1. The summed E-state index contributed by atoms with van der Waals surface area (Å²) in [6.45, 7) is 2.86. The first-order valence-electron chi connectivity index (χ1n) is 11.6. The van der Waals surface area contributed by atoms with Crippen molar-refractivity contribution in [2.75, 3.05) is 11.5 Å². The Balaban J connectivity index is 1.44.